The minimum atomic E-state index is -0.277. The normalized spacial score (nSPS) is 14.2. The fourth-order valence-electron chi connectivity index (χ4n) is 3.14. The lowest BCUT2D eigenvalue weighted by Crippen LogP contribution is -2.46. The van der Waals surface area contributed by atoms with E-state index in [1.807, 2.05) is 18.2 Å². The van der Waals surface area contributed by atoms with Crippen molar-refractivity contribution in [1.82, 2.24) is 15.3 Å². The maximum Gasteiger partial charge on any atom is 0.271 e. The van der Waals surface area contributed by atoms with Crippen LogP contribution in [0.15, 0.2) is 59.5 Å². The average molecular weight is 398 g/mol. The summed E-state index contributed by atoms with van der Waals surface area (Å²) < 4.78 is 5.20. The molecule has 0 unspecified atom stereocenters. The van der Waals surface area contributed by atoms with Gasteiger partial charge in [0.15, 0.2) is 0 Å². The van der Waals surface area contributed by atoms with E-state index in [-0.39, 0.29) is 11.6 Å². The number of nitrogens with zero attached hydrogens (tertiary/aromatic N) is 4. The third kappa shape index (κ3) is 4.26. The molecule has 1 aliphatic rings. The van der Waals surface area contributed by atoms with E-state index in [2.05, 4.69) is 31.2 Å². The van der Waals surface area contributed by atoms with Crippen molar-refractivity contribution in [2.75, 3.05) is 36.0 Å². The zero-order valence-electron chi connectivity index (χ0n) is 15.2. The van der Waals surface area contributed by atoms with Crippen molar-refractivity contribution in [2.45, 2.75) is 6.54 Å². The minimum absolute atomic E-state index is 0.277. The molecule has 3 aromatic rings. The first-order chi connectivity index (χ1) is 13.7. The number of amides is 1. The number of anilines is 2. The van der Waals surface area contributed by atoms with Crippen LogP contribution < -0.4 is 15.1 Å². The van der Waals surface area contributed by atoms with E-state index in [0.29, 0.717) is 12.3 Å². The number of aromatic nitrogens is 2. The number of rotatable bonds is 5. The summed E-state index contributed by atoms with van der Waals surface area (Å²) in [6.45, 7) is 3.71. The quantitative estimate of drug-likeness (QED) is 0.713. The lowest BCUT2D eigenvalue weighted by Gasteiger charge is -2.36. The predicted molar refractivity (Wildman–Crippen MR) is 108 cm³/mol. The van der Waals surface area contributed by atoms with Crippen LogP contribution in [0.4, 0.5) is 11.5 Å². The van der Waals surface area contributed by atoms with Gasteiger partial charge < -0.3 is 19.5 Å². The van der Waals surface area contributed by atoms with Crippen molar-refractivity contribution < 1.29 is 9.21 Å². The SMILES string of the molecule is O=C(NCc1ccco1)c1cnc(N2CCN(c3cccc(Cl)c3)CC2)cn1. The molecule has 144 valence electrons. The van der Waals surface area contributed by atoms with Crippen LogP contribution in [0.5, 0.6) is 0 Å². The Labute approximate surface area is 167 Å². The van der Waals surface area contributed by atoms with Gasteiger partial charge in [0, 0.05) is 36.9 Å². The molecule has 7 nitrogen and oxygen atoms in total. The molecule has 0 spiro atoms. The first-order valence-corrected chi connectivity index (χ1v) is 9.45. The molecule has 0 aliphatic carbocycles. The molecule has 1 fully saturated rings. The molecule has 8 heteroatoms. The second kappa shape index (κ2) is 8.31. The fraction of sp³-hybridized carbons (Fsp3) is 0.250. The molecule has 3 heterocycles. The summed E-state index contributed by atoms with van der Waals surface area (Å²) in [4.78, 5) is 25.3. The average Bonchev–Trinajstić information content (AvgIpc) is 3.26. The number of hydrogen-bond acceptors (Lipinski definition) is 6. The highest BCUT2D eigenvalue weighted by atomic mass is 35.5. The molecule has 1 amide bonds. The van der Waals surface area contributed by atoms with E-state index < -0.39 is 0 Å². The fourth-order valence-corrected chi connectivity index (χ4v) is 3.32. The van der Waals surface area contributed by atoms with Crippen LogP contribution in [0.1, 0.15) is 16.2 Å². The van der Waals surface area contributed by atoms with Crippen LogP contribution in [-0.2, 0) is 6.54 Å². The second-order valence-electron chi connectivity index (χ2n) is 6.48. The van der Waals surface area contributed by atoms with E-state index in [1.165, 1.54) is 6.20 Å². The molecule has 28 heavy (non-hydrogen) atoms. The number of carbonyl (C=O) groups is 1. The van der Waals surface area contributed by atoms with E-state index in [9.17, 15) is 4.79 Å². The lowest BCUT2D eigenvalue weighted by molar-refractivity contribution is 0.0942. The van der Waals surface area contributed by atoms with Crippen LogP contribution >= 0.6 is 11.6 Å². The number of halogens is 1. The van der Waals surface area contributed by atoms with Crippen LogP contribution in [-0.4, -0.2) is 42.1 Å². The Kier molecular flexibility index (Phi) is 5.43. The third-order valence-corrected chi connectivity index (χ3v) is 4.89. The molecule has 1 aromatic carbocycles. The number of carbonyl (C=O) groups excluding carboxylic acids is 1. The predicted octanol–water partition coefficient (Wildman–Crippen LogP) is 2.98. The van der Waals surface area contributed by atoms with Crippen molar-refractivity contribution >= 4 is 29.0 Å². The molecule has 0 radical (unpaired) electrons. The summed E-state index contributed by atoms with van der Waals surface area (Å²) in [5.41, 5.74) is 1.41. The molecule has 0 saturated carbocycles. The van der Waals surface area contributed by atoms with E-state index in [0.717, 1.165) is 42.7 Å². The van der Waals surface area contributed by atoms with Gasteiger partial charge in [-0.25, -0.2) is 9.97 Å². The van der Waals surface area contributed by atoms with Gasteiger partial charge in [-0.1, -0.05) is 17.7 Å². The molecule has 4 rings (SSSR count). The summed E-state index contributed by atoms with van der Waals surface area (Å²) in [5.74, 6) is 1.19. The lowest BCUT2D eigenvalue weighted by atomic mass is 10.2. The van der Waals surface area contributed by atoms with E-state index in [1.54, 1.807) is 24.6 Å². The maximum absolute atomic E-state index is 12.2. The largest absolute Gasteiger partial charge is 0.467 e. The van der Waals surface area contributed by atoms with Gasteiger partial charge in [0.2, 0.25) is 0 Å². The number of hydrogen-bond donors (Lipinski definition) is 1. The molecular formula is C20H20ClN5O2. The zero-order valence-corrected chi connectivity index (χ0v) is 16.0. The number of nitrogens with one attached hydrogen (secondary N) is 1. The smallest absolute Gasteiger partial charge is 0.271 e. The molecular weight excluding hydrogens is 378 g/mol. The van der Waals surface area contributed by atoms with Gasteiger partial charge in [0.25, 0.3) is 5.91 Å². The zero-order chi connectivity index (χ0) is 19.3. The number of piperazine rings is 1. The molecule has 1 N–H and O–H groups in total. The van der Waals surface area contributed by atoms with Gasteiger partial charge >= 0.3 is 0 Å². The Balaban J connectivity index is 1.32. The second-order valence-corrected chi connectivity index (χ2v) is 6.91. The Morgan fingerprint density at radius 1 is 1.07 bits per heavy atom. The Hall–Kier alpha value is -3.06. The number of benzene rings is 1. The molecule has 1 saturated heterocycles. The maximum atomic E-state index is 12.2. The Bertz CT molecular complexity index is 922. The highest BCUT2D eigenvalue weighted by Crippen LogP contribution is 2.22. The van der Waals surface area contributed by atoms with Crippen molar-refractivity contribution in [2.24, 2.45) is 0 Å². The summed E-state index contributed by atoms with van der Waals surface area (Å²) in [6.07, 6.45) is 4.73. The monoisotopic (exact) mass is 397 g/mol. The van der Waals surface area contributed by atoms with Gasteiger partial charge in [-0.3, -0.25) is 4.79 Å². The van der Waals surface area contributed by atoms with Gasteiger partial charge in [0.05, 0.1) is 25.2 Å². The summed E-state index contributed by atoms with van der Waals surface area (Å²) >= 11 is 6.09. The van der Waals surface area contributed by atoms with Crippen molar-refractivity contribution in [3.05, 3.63) is 71.5 Å². The van der Waals surface area contributed by atoms with Crippen molar-refractivity contribution in [3.63, 3.8) is 0 Å². The number of furan rings is 1. The van der Waals surface area contributed by atoms with Gasteiger partial charge in [-0.15, -0.1) is 0 Å². The highest BCUT2D eigenvalue weighted by Gasteiger charge is 2.19. The summed E-state index contributed by atoms with van der Waals surface area (Å²) in [5, 5.41) is 3.50. The Morgan fingerprint density at radius 3 is 2.57 bits per heavy atom. The molecule has 0 bridgehead atoms. The standard InChI is InChI=1S/C20H20ClN5O2/c21-15-3-1-4-16(11-15)25-6-8-26(9-7-25)19-14-22-18(13-23-19)20(27)24-12-17-5-2-10-28-17/h1-5,10-11,13-14H,6-9,12H2,(H,24,27). The van der Waals surface area contributed by atoms with Gasteiger partial charge in [-0.2, -0.15) is 0 Å². The molecule has 0 atom stereocenters. The van der Waals surface area contributed by atoms with Crippen LogP contribution in [0.25, 0.3) is 0 Å². The van der Waals surface area contributed by atoms with Crippen LogP contribution in [0, 0.1) is 0 Å². The first kappa shape index (κ1) is 18.3. The Morgan fingerprint density at radius 2 is 1.89 bits per heavy atom. The minimum Gasteiger partial charge on any atom is -0.467 e. The van der Waals surface area contributed by atoms with Crippen LogP contribution in [0.2, 0.25) is 5.02 Å². The topological polar surface area (TPSA) is 74.5 Å². The molecule has 2 aromatic heterocycles. The third-order valence-electron chi connectivity index (χ3n) is 4.65. The van der Waals surface area contributed by atoms with Crippen LogP contribution in [0.3, 0.4) is 0 Å². The van der Waals surface area contributed by atoms with Gasteiger partial charge in [0.1, 0.15) is 17.3 Å². The van der Waals surface area contributed by atoms with Crippen molar-refractivity contribution in [1.29, 1.82) is 0 Å². The van der Waals surface area contributed by atoms with Gasteiger partial charge in [-0.05, 0) is 30.3 Å². The van der Waals surface area contributed by atoms with Crippen molar-refractivity contribution in [3.8, 4) is 0 Å². The van der Waals surface area contributed by atoms with E-state index in [4.69, 9.17) is 16.0 Å². The van der Waals surface area contributed by atoms with E-state index >= 15 is 0 Å². The molecule has 1 aliphatic heterocycles. The summed E-state index contributed by atoms with van der Waals surface area (Å²) in [6, 6.07) is 11.5. The highest BCUT2D eigenvalue weighted by molar-refractivity contribution is 6.30. The first-order valence-electron chi connectivity index (χ1n) is 9.07. The summed E-state index contributed by atoms with van der Waals surface area (Å²) in [7, 11) is 0.